The van der Waals surface area contributed by atoms with E-state index in [-0.39, 0.29) is 42.6 Å². The van der Waals surface area contributed by atoms with Gasteiger partial charge in [0, 0.05) is 6.54 Å². The van der Waals surface area contributed by atoms with E-state index in [9.17, 15) is 18.3 Å². The maximum Gasteiger partial charge on any atom is 0.240 e. The summed E-state index contributed by atoms with van der Waals surface area (Å²) in [5.41, 5.74) is 0. The van der Waals surface area contributed by atoms with Gasteiger partial charge >= 0.3 is 0 Å². The molecule has 0 aliphatic carbocycles. The van der Waals surface area contributed by atoms with Gasteiger partial charge in [0.25, 0.3) is 0 Å². The standard InChI is InChI=1S/C18H29N3O5S/c1-21(2)12-18(23)20-16-9-8-14(26-17(16)13-22)10-11-19-27(24,25)15-6-4-3-5-7-15/h3-7,14,16-17,19,22H,8-13H2,1-2H3,(H,20,23)/t14-,16-,17+/m1/s1. The number of carbonyl (C=O) groups is 1. The van der Waals surface area contributed by atoms with Crippen LogP contribution in [-0.4, -0.2) is 76.4 Å². The molecular weight excluding hydrogens is 370 g/mol. The molecule has 8 nitrogen and oxygen atoms in total. The zero-order valence-electron chi connectivity index (χ0n) is 15.8. The molecular formula is C18H29N3O5S. The van der Waals surface area contributed by atoms with Crippen molar-refractivity contribution < 1.29 is 23.1 Å². The van der Waals surface area contributed by atoms with Crippen LogP contribution in [0.15, 0.2) is 35.2 Å². The van der Waals surface area contributed by atoms with Crippen molar-refractivity contribution in [3.63, 3.8) is 0 Å². The van der Waals surface area contributed by atoms with Crippen molar-refractivity contribution in [2.24, 2.45) is 0 Å². The van der Waals surface area contributed by atoms with E-state index in [4.69, 9.17) is 4.74 Å². The monoisotopic (exact) mass is 399 g/mol. The van der Waals surface area contributed by atoms with Crippen molar-refractivity contribution in [2.75, 3.05) is 33.8 Å². The Balaban J connectivity index is 1.80. The quantitative estimate of drug-likeness (QED) is 0.537. The van der Waals surface area contributed by atoms with Crippen LogP contribution in [0.5, 0.6) is 0 Å². The average Bonchev–Trinajstić information content (AvgIpc) is 2.62. The van der Waals surface area contributed by atoms with Gasteiger partial charge in [-0.1, -0.05) is 18.2 Å². The second-order valence-electron chi connectivity index (χ2n) is 6.97. The van der Waals surface area contributed by atoms with Crippen molar-refractivity contribution in [1.29, 1.82) is 0 Å². The number of benzene rings is 1. The Labute approximate surface area is 160 Å². The lowest BCUT2D eigenvalue weighted by atomic mass is 9.97. The maximum atomic E-state index is 12.2. The van der Waals surface area contributed by atoms with Crippen LogP contribution in [0.25, 0.3) is 0 Å². The van der Waals surface area contributed by atoms with Crippen LogP contribution >= 0.6 is 0 Å². The van der Waals surface area contributed by atoms with Crippen LogP contribution in [0.3, 0.4) is 0 Å². The highest BCUT2D eigenvalue weighted by atomic mass is 32.2. The number of hydrogen-bond donors (Lipinski definition) is 3. The van der Waals surface area contributed by atoms with Crippen molar-refractivity contribution in [2.45, 2.75) is 42.4 Å². The largest absolute Gasteiger partial charge is 0.394 e. The van der Waals surface area contributed by atoms with Crippen molar-refractivity contribution in [3.8, 4) is 0 Å². The summed E-state index contributed by atoms with van der Waals surface area (Å²) in [6.07, 6.45) is 1.22. The molecule has 1 saturated heterocycles. The average molecular weight is 400 g/mol. The third-order valence-corrected chi connectivity index (χ3v) is 5.89. The number of carbonyl (C=O) groups excluding carboxylic acids is 1. The Bertz CT molecular complexity index is 696. The minimum absolute atomic E-state index is 0.110. The highest BCUT2D eigenvalue weighted by molar-refractivity contribution is 7.89. The molecule has 0 spiro atoms. The molecule has 1 aliphatic heterocycles. The molecule has 2 rings (SSSR count). The number of ether oxygens (including phenoxy) is 1. The lowest BCUT2D eigenvalue weighted by Gasteiger charge is -2.36. The SMILES string of the molecule is CN(C)CC(=O)N[C@@H]1CC[C@H](CCNS(=O)(=O)c2ccccc2)O[C@H]1CO. The van der Waals surface area contributed by atoms with Gasteiger partial charge < -0.3 is 20.1 Å². The molecule has 1 fully saturated rings. The zero-order chi connectivity index (χ0) is 19.9. The Morgan fingerprint density at radius 1 is 1.26 bits per heavy atom. The minimum Gasteiger partial charge on any atom is -0.394 e. The number of aliphatic hydroxyl groups is 1. The molecule has 1 aliphatic rings. The number of rotatable bonds is 9. The maximum absolute atomic E-state index is 12.2. The topological polar surface area (TPSA) is 108 Å². The number of hydrogen-bond acceptors (Lipinski definition) is 6. The van der Waals surface area contributed by atoms with Crippen LogP contribution in [0.1, 0.15) is 19.3 Å². The minimum atomic E-state index is -3.54. The zero-order valence-corrected chi connectivity index (χ0v) is 16.6. The third-order valence-electron chi connectivity index (χ3n) is 4.41. The van der Waals surface area contributed by atoms with Gasteiger partial charge in [0.1, 0.15) is 6.10 Å². The number of nitrogens with one attached hydrogen (secondary N) is 2. The molecule has 0 unspecified atom stereocenters. The smallest absolute Gasteiger partial charge is 0.240 e. The lowest BCUT2D eigenvalue weighted by molar-refractivity contribution is -0.128. The third kappa shape index (κ3) is 6.86. The fraction of sp³-hybridized carbons (Fsp3) is 0.611. The van der Waals surface area contributed by atoms with E-state index in [0.29, 0.717) is 19.3 Å². The van der Waals surface area contributed by atoms with E-state index in [1.165, 1.54) is 0 Å². The van der Waals surface area contributed by atoms with Gasteiger partial charge in [-0.3, -0.25) is 4.79 Å². The Hall–Kier alpha value is -1.52. The summed E-state index contributed by atoms with van der Waals surface area (Å²) in [7, 11) is 0.0900. The number of amides is 1. The van der Waals surface area contributed by atoms with Gasteiger partial charge in [0.15, 0.2) is 0 Å². The van der Waals surface area contributed by atoms with E-state index in [1.807, 2.05) is 14.1 Å². The van der Waals surface area contributed by atoms with Gasteiger partial charge in [-0.25, -0.2) is 13.1 Å². The first kappa shape index (κ1) is 21.8. The van der Waals surface area contributed by atoms with Crippen LogP contribution in [-0.2, 0) is 19.6 Å². The Morgan fingerprint density at radius 2 is 1.96 bits per heavy atom. The molecule has 0 aromatic heterocycles. The van der Waals surface area contributed by atoms with E-state index >= 15 is 0 Å². The summed E-state index contributed by atoms with van der Waals surface area (Å²) >= 11 is 0. The molecule has 1 amide bonds. The summed E-state index contributed by atoms with van der Waals surface area (Å²) in [6.45, 7) is 0.330. The van der Waals surface area contributed by atoms with Crippen molar-refractivity contribution >= 4 is 15.9 Å². The molecule has 9 heteroatoms. The summed E-state index contributed by atoms with van der Waals surface area (Å²) in [6, 6.07) is 7.96. The highest BCUT2D eigenvalue weighted by Crippen LogP contribution is 2.22. The number of aliphatic hydroxyl groups excluding tert-OH is 1. The van der Waals surface area contributed by atoms with Crippen LogP contribution in [0.2, 0.25) is 0 Å². The fourth-order valence-corrected chi connectivity index (χ4v) is 4.15. The molecule has 1 aromatic carbocycles. The van der Waals surface area contributed by atoms with Gasteiger partial charge in [0.2, 0.25) is 15.9 Å². The molecule has 3 N–H and O–H groups in total. The molecule has 1 heterocycles. The number of likely N-dealkylation sites (N-methyl/N-ethyl adjacent to an activating group) is 1. The van der Waals surface area contributed by atoms with Crippen molar-refractivity contribution in [1.82, 2.24) is 14.9 Å². The molecule has 1 aromatic rings. The fourth-order valence-electron chi connectivity index (χ4n) is 3.09. The summed E-state index contributed by atoms with van der Waals surface area (Å²) in [4.78, 5) is 13.9. The van der Waals surface area contributed by atoms with Gasteiger partial charge in [0.05, 0.1) is 30.2 Å². The van der Waals surface area contributed by atoms with Crippen molar-refractivity contribution in [3.05, 3.63) is 30.3 Å². The number of nitrogens with zero attached hydrogens (tertiary/aromatic N) is 1. The first-order chi connectivity index (χ1) is 12.8. The number of sulfonamides is 1. The van der Waals surface area contributed by atoms with E-state index < -0.39 is 16.1 Å². The second-order valence-corrected chi connectivity index (χ2v) is 8.73. The van der Waals surface area contributed by atoms with Crippen LogP contribution in [0, 0.1) is 0 Å². The van der Waals surface area contributed by atoms with E-state index in [1.54, 1.807) is 35.2 Å². The molecule has 27 heavy (non-hydrogen) atoms. The predicted octanol–water partition coefficient (Wildman–Crippen LogP) is -0.0587. The summed E-state index contributed by atoms with van der Waals surface area (Å²) in [5.74, 6) is -0.110. The molecule has 152 valence electrons. The molecule has 0 bridgehead atoms. The summed E-state index contributed by atoms with van der Waals surface area (Å²) in [5, 5.41) is 12.5. The van der Waals surface area contributed by atoms with Crippen LogP contribution in [0.4, 0.5) is 0 Å². The first-order valence-corrected chi connectivity index (χ1v) is 10.5. The lowest BCUT2D eigenvalue weighted by Crippen LogP contribution is -2.52. The summed E-state index contributed by atoms with van der Waals surface area (Å²) < 4.78 is 32.9. The highest BCUT2D eigenvalue weighted by Gasteiger charge is 2.31. The predicted molar refractivity (Wildman–Crippen MR) is 102 cm³/mol. The molecule has 0 saturated carbocycles. The Kier molecular flexibility index (Phi) is 8.18. The van der Waals surface area contributed by atoms with E-state index in [0.717, 1.165) is 0 Å². The molecule has 0 radical (unpaired) electrons. The first-order valence-electron chi connectivity index (χ1n) is 9.07. The van der Waals surface area contributed by atoms with Gasteiger partial charge in [-0.2, -0.15) is 0 Å². The Morgan fingerprint density at radius 3 is 2.59 bits per heavy atom. The molecule has 3 atom stereocenters. The van der Waals surface area contributed by atoms with Gasteiger partial charge in [-0.05, 0) is 45.5 Å². The van der Waals surface area contributed by atoms with Crippen LogP contribution < -0.4 is 10.0 Å². The van der Waals surface area contributed by atoms with E-state index in [2.05, 4.69) is 10.0 Å². The normalized spacial score (nSPS) is 23.3. The second kappa shape index (κ2) is 10.1. The van der Waals surface area contributed by atoms with Gasteiger partial charge in [-0.15, -0.1) is 0 Å².